The Hall–Kier alpha value is -0.830. The van der Waals surface area contributed by atoms with Crippen LogP contribution < -0.4 is 5.73 Å². The van der Waals surface area contributed by atoms with Gasteiger partial charge in [0.2, 0.25) is 0 Å². The molecular weight excluding hydrogens is 451 g/mol. The molecule has 2 N–H and O–H groups in total. The summed E-state index contributed by atoms with van der Waals surface area (Å²) in [4.78, 5) is 9.91. The van der Waals surface area contributed by atoms with E-state index < -0.39 is 0 Å². The minimum absolute atomic E-state index is 0. The average Bonchev–Trinajstić information content (AvgIpc) is 3.45. The van der Waals surface area contributed by atoms with Crippen LogP contribution in [-0.2, 0) is 7.05 Å². The van der Waals surface area contributed by atoms with E-state index in [1.165, 1.54) is 63.6 Å². The molecular formula is C20H35IN6. The fourth-order valence-corrected chi connectivity index (χ4v) is 4.81. The molecule has 27 heavy (non-hydrogen) atoms. The SMILES string of the molecule is Cn1nccc1[C@H]1[C@H](CN=C(N)N2CCCCCC2)CCCN1C1CC1.I. The highest BCUT2D eigenvalue weighted by Crippen LogP contribution is 2.42. The molecule has 2 saturated heterocycles. The molecule has 1 aliphatic carbocycles. The maximum Gasteiger partial charge on any atom is 0.191 e. The van der Waals surface area contributed by atoms with Gasteiger partial charge in [0.05, 0.1) is 11.7 Å². The lowest BCUT2D eigenvalue weighted by atomic mass is 9.86. The zero-order valence-electron chi connectivity index (χ0n) is 16.6. The largest absolute Gasteiger partial charge is 0.370 e. The molecule has 0 bridgehead atoms. The van der Waals surface area contributed by atoms with E-state index in [0.29, 0.717) is 12.0 Å². The van der Waals surface area contributed by atoms with Crippen LogP contribution in [0, 0.1) is 5.92 Å². The van der Waals surface area contributed by atoms with Crippen LogP contribution in [0.1, 0.15) is 63.1 Å². The van der Waals surface area contributed by atoms with Crippen LogP contribution in [0.2, 0.25) is 0 Å². The first-order valence-corrected chi connectivity index (χ1v) is 10.5. The second kappa shape index (κ2) is 9.58. The molecule has 0 unspecified atom stereocenters. The van der Waals surface area contributed by atoms with Crippen molar-refractivity contribution >= 4 is 29.9 Å². The zero-order valence-corrected chi connectivity index (χ0v) is 18.9. The third kappa shape index (κ3) is 4.96. The second-order valence-electron chi connectivity index (χ2n) is 8.30. The van der Waals surface area contributed by atoms with Gasteiger partial charge in [-0.25, -0.2) is 0 Å². The fraction of sp³-hybridized carbons (Fsp3) is 0.800. The lowest BCUT2D eigenvalue weighted by Gasteiger charge is -2.41. The van der Waals surface area contributed by atoms with E-state index in [-0.39, 0.29) is 24.0 Å². The lowest BCUT2D eigenvalue weighted by Crippen LogP contribution is -2.43. The molecule has 152 valence electrons. The lowest BCUT2D eigenvalue weighted by molar-refractivity contribution is 0.0823. The molecule has 1 aromatic heterocycles. The first kappa shape index (κ1) is 20.9. The summed E-state index contributed by atoms with van der Waals surface area (Å²) in [6, 6.07) is 3.40. The highest BCUT2D eigenvalue weighted by molar-refractivity contribution is 14.0. The number of aromatic nitrogens is 2. The molecule has 3 heterocycles. The Morgan fingerprint density at radius 1 is 1.11 bits per heavy atom. The molecule has 0 aromatic carbocycles. The number of rotatable bonds is 4. The van der Waals surface area contributed by atoms with Crippen molar-refractivity contribution in [2.75, 3.05) is 26.2 Å². The van der Waals surface area contributed by atoms with Gasteiger partial charge in [0, 0.05) is 38.9 Å². The first-order chi connectivity index (χ1) is 12.7. The van der Waals surface area contributed by atoms with Gasteiger partial charge >= 0.3 is 0 Å². The topological polar surface area (TPSA) is 62.7 Å². The summed E-state index contributed by atoms with van der Waals surface area (Å²) in [6.07, 6.45) is 12.3. The molecule has 3 aliphatic rings. The van der Waals surface area contributed by atoms with Crippen LogP contribution in [0.25, 0.3) is 0 Å². The van der Waals surface area contributed by atoms with Crippen LogP contribution in [0.15, 0.2) is 17.3 Å². The fourth-order valence-electron chi connectivity index (χ4n) is 4.81. The Bertz CT molecular complexity index is 618. The summed E-state index contributed by atoms with van der Waals surface area (Å²) >= 11 is 0. The van der Waals surface area contributed by atoms with E-state index in [1.807, 2.05) is 6.20 Å². The van der Waals surface area contributed by atoms with Crippen molar-refractivity contribution in [2.45, 2.75) is 63.5 Å². The van der Waals surface area contributed by atoms with Crippen LogP contribution in [-0.4, -0.2) is 57.8 Å². The van der Waals surface area contributed by atoms with Gasteiger partial charge in [-0.05, 0) is 57.1 Å². The summed E-state index contributed by atoms with van der Waals surface area (Å²) in [6.45, 7) is 4.18. The van der Waals surface area contributed by atoms with E-state index in [1.54, 1.807) is 0 Å². The Morgan fingerprint density at radius 3 is 2.48 bits per heavy atom. The van der Waals surface area contributed by atoms with Crippen molar-refractivity contribution in [3.63, 3.8) is 0 Å². The van der Waals surface area contributed by atoms with Gasteiger partial charge in [-0.2, -0.15) is 5.10 Å². The number of nitrogens with zero attached hydrogens (tertiary/aromatic N) is 5. The Balaban J connectivity index is 0.00000210. The Kier molecular flexibility index (Phi) is 7.42. The van der Waals surface area contributed by atoms with Gasteiger partial charge in [-0.3, -0.25) is 14.6 Å². The minimum Gasteiger partial charge on any atom is -0.370 e. The van der Waals surface area contributed by atoms with Crippen molar-refractivity contribution in [2.24, 2.45) is 23.7 Å². The predicted octanol–water partition coefficient (Wildman–Crippen LogP) is 3.14. The van der Waals surface area contributed by atoms with E-state index in [4.69, 9.17) is 10.7 Å². The number of likely N-dealkylation sites (tertiary alicyclic amines) is 2. The van der Waals surface area contributed by atoms with Gasteiger partial charge < -0.3 is 10.6 Å². The number of nitrogens with two attached hydrogens (primary N) is 1. The number of hydrogen-bond acceptors (Lipinski definition) is 3. The average molecular weight is 486 g/mol. The van der Waals surface area contributed by atoms with Crippen LogP contribution in [0.3, 0.4) is 0 Å². The molecule has 2 atom stereocenters. The van der Waals surface area contributed by atoms with Gasteiger partial charge in [0.15, 0.2) is 5.96 Å². The highest BCUT2D eigenvalue weighted by atomic mass is 127. The van der Waals surface area contributed by atoms with Gasteiger partial charge in [-0.1, -0.05) is 12.8 Å². The minimum atomic E-state index is 0. The van der Waals surface area contributed by atoms with Crippen molar-refractivity contribution in [1.82, 2.24) is 19.6 Å². The predicted molar refractivity (Wildman–Crippen MR) is 120 cm³/mol. The normalized spacial score (nSPS) is 27.9. The van der Waals surface area contributed by atoms with Crippen LogP contribution >= 0.6 is 24.0 Å². The molecule has 0 radical (unpaired) electrons. The number of aryl methyl sites for hydroxylation is 1. The molecule has 1 saturated carbocycles. The Morgan fingerprint density at radius 2 is 1.85 bits per heavy atom. The monoisotopic (exact) mass is 486 g/mol. The quantitative estimate of drug-likeness (QED) is 0.404. The zero-order chi connectivity index (χ0) is 17.9. The highest BCUT2D eigenvalue weighted by Gasteiger charge is 2.41. The summed E-state index contributed by atoms with van der Waals surface area (Å²) in [5.41, 5.74) is 7.72. The smallest absolute Gasteiger partial charge is 0.191 e. The van der Waals surface area contributed by atoms with Crippen molar-refractivity contribution in [3.8, 4) is 0 Å². The van der Waals surface area contributed by atoms with Crippen molar-refractivity contribution < 1.29 is 0 Å². The van der Waals surface area contributed by atoms with Gasteiger partial charge in [0.25, 0.3) is 0 Å². The van der Waals surface area contributed by atoms with E-state index in [9.17, 15) is 0 Å². The molecule has 0 spiro atoms. The van der Waals surface area contributed by atoms with E-state index >= 15 is 0 Å². The number of halogens is 1. The summed E-state index contributed by atoms with van der Waals surface area (Å²) in [5.74, 6) is 1.30. The third-order valence-corrected chi connectivity index (χ3v) is 6.39. The first-order valence-electron chi connectivity index (χ1n) is 10.5. The number of hydrogen-bond donors (Lipinski definition) is 1. The van der Waals surface area contributed by atoms with E-state index in [0.717, 1.165) is 31.6 Å². The van der Waals surface area contributed by atoms with Crippen molar-refractivity contribution in [1.29, 1.82) is 0 Å². The molecule has 4 rings (SSSR count). The number of piperidine rings is 1. The number of guanidine groups is 1. The van der Waals surface area contributed by atoms with Gasteiger partial charge in [-0.15, -0.1) is 24.0 Å². The molecule has 3 fully saturated rings. The molecule has 1 aromatic rings. The third-order valence-electron chi connectivity index (χ3n) is 6.39. The van der Waals surface area contributed by atoms with Crippen LogP contribution in [0.5, 0.6) is 0 Å². The van der Waals surface area contributed by atoms with Crippen molar-refractivity contribution in [3.05, 3.63) is 18.0 Å². The molecule has 6 nitrogen and oxygen atoms in total. The van der Waals surface area contributed by atoms with E-state index in [2.05, 4.69) is 32.7 Å². The Labute approximate surface area is 180 Å². The maximum absolute atomic E-state index is 6.38. The summed E-state index contributed by atoms with van der Waals surface area (Å²) < 4.78 is 2.06. The standard InChI is InChI=1S/C20H34N6.HI/c1-24-18(10-11-23-24)19-16(7-6-14-26(19)17-8-9-17)15-22-20(21)25-12-4-2-3-5-13-25;/h10-11,16-17,19H,2-9,12-15H2,1H3,(H2,21,22);1H/t16-,19+;/m0./s1. The summed E-state index contributed by atoms with van der Waals surface area (Å²) in [5, 5.41) is 4.44. The molecule has 2 aliphatic heterocycles. The molecule has 7 heteroatoms. The summed E-state index contributed by atoms with van der Waals surface area (Å²) in [7, 11) is 2.07. The maximum atomic E-state index is 6.38. The van der Waals surface area contributed by atoms with Gasteiger partial charge in [0.1, 0.15) is 0 Å². The second-order valence-corrected chi connectivity index (χ2v) is 8.30. The number of aliphatic imine (C=N–C) groups is 1. The molecule has 0 amide bonds. The van der Waals surface area contributed by atoms with Crippen LogP contribution in [0.4, 0.5) is 0 Å².